The van der Waals surface area contributed by atoms with Gasteiger partial charge in [-0.2, -0.15) is 0 Å². The highest BCUT2D eigenvalue weighted by Gasteiger charge is 2.43. The fourth-order valence-corrected chi connectivity index (χ4v) is 3.26. The van der Waals surface area contributed by atoms with E-state index in [1.54, 1.807) is 11.3 Å². The van der Waals surface area contributed by atoms with Crippen LogP contribution in [0.4, 0.5) is 0 Å². The monoisotopic (exact) mass is 322 g/mol. The molecule has 1 aliphatic rings. The van der Waals surface area contributed by atoms with Gasteiger partial charge in [0.25, 0.3) is 0 Å². The van der Waals surface area contributed by atoms with E-state index in [0.717, 1.165) is 12.0 Å². The molecule has 1 aromatic heterocycles. The van der Waals surface area contributed by atoms with Gasteiger partial charge >= 0.3 is 0 Å². The van der Waals surface area contributed by atoms with Crippen LogP contribution in [0.15, 0.2) is 11.4 Å². The van der Waals surface area contributed by atoms with E-state index in [-0.39, 0.29) is 5.78 Å². The van der Waals surface area contributed by atoms with Crippen LogP contribution < -0.4 is 0 Å². The van der Waals surface area contributed by atoms with Gasteiger partial charge in [0, 0.05) is 10.4 Å². The van der Waals surface area contributed by atoms with Crippen LogP contribution in [0.2, 0.25) is 0 Å². The fourth-order valence-electron chi connectivity index (χ4n) is 1.51. The molecule has 0 aromatic carbocycles. The number of ketones is 1. The number of rotatable bonds is 0. The molecular weight excluding hydrogens is 316 g/mol. The van der Waals surface area contributed by atoms with Gasteiger partial charge < -0.3 is 0 Å². The normalized spacial score (nSPS) is 25.8. The highest BCUT2D eigenvalue weighted by molar-refractivity contribution is 9.26. The van der Waals surface area contributed by atoms with E-state index >= 15 is 0 Å². The summed E-state index contributed by atoms with van der Waals surface area (Å²) in [5.41, 5.74) is 0.872. The van der Waals surface area contributed by atoms with Gasteiger partial charge in [-0.25, -0.2) is 0 Å². The summed E-state index contributed by atoms with van der Waals surface area (Å²) in [7, 11) is 0. The molecule has 1 aromatic rings. The zero-order valence-electron chi connectivity index (χ0n) is 7.01. The molecule has 0 amide bonds. The van der Waals surface area contributed by atoms with E-state index in [9.17, 15) is 4.79 Å². The van der Waals surface area contributed by atoms with E-state index < -0.39 is 3.23 Å². The van der Waals surface area contributed by atoms with Crippen LogP contribution in [0, 0.1) is 5.92 Å². The first-order valence-electron chi connectivity index (χ1n) is 4.02. The summed E-state index contributed by atoms with van der Waals surface area (Å²) in [6, 6.07) is 1.91. The van der Waals surface area contributed by atoms with Gasteiger partial charge in [-0.1, -0.05) is 38.8 Å². The van der Waals surface area contributed by atoms with Crippen molar-refractivity contribution in [3.8, 4) is 0 Å². The molecular formula is C9H8Br2OS. The second kappa shape index (κ2) is 3.17. The Labute approximate surface area is 97.8 Å². The smallest absolute Gasteiger partial charge is 0.191 e. The van der Waals surface area contributed by atoms with Crippen molar-refractivity contribution < 1.29 is 4.79 Å². The molecule has 1 heterocycles. The predicted molar refractivity (Wildman–Crippen MR) is 62.1 cm³/mol. The molecule has 13 heavy (non-hydrogen) atoms. The summed E-state index contributed by atoms with van der Waals surface area (Å²) in [4.78, 5) is 13.1. The van der Waals surface area contributed by atoms with Crippen molar-refractivity contribution in [1.82, 2.24) is 0 Å². The van der Waals surface area contributed by atoms with E-state index in [0.29, 0.717) is 5.92 Å². The number of alkyl halides is 2. The predicted octanol–water partition coefficient (Wildman–Crippen LogP) is 3.61. The molecule has 1 nitrogen and oxygen atoms in total. The molecule has 0 bridgehead atoms. The molecule has 70 valence electrons. The number of thiophene rings is 1. The number of carbonyl (C=O) groups is 1. The van der Waals surface area contributed by atoms with Crippen LogP contribution >= 0.6 is 43.2 Å². The van der Waals surface area contributed by atoms with Crippen molar-refractivity contribution in [3.63, 3.8) is 0 Å². The van der Waals surface area contributed by atoms with Gasteiger partial charge in [0.1, 0.15) is 3.23 Å². The third kappa shape index (κ3) is 1.43. The number of hydrogen-bond acceptors (Lipinski definition) is 2. The third-order valence-electron chi connectivity index (χ3n) is 2.40. The summed E-state index contributed by atoms with van der Waals surface area (Å²) in [5.74, 6) is 0.452. The lowest BCUT2D eigenvalue weighted by atomic mass is 9.89. The van der Waals surface area contributed by atoms with Gasteiger partial charge in [-0.05, 0) is 23.8 Å². The maximum absolute atomic E-state index is 11.9. The maximum Gasteiger partial charge on any atom is 0.191 e. The molecule has 1 aliphatic carbocycles. The average molecular weight is 324 g/mol. The van der Waals surface area contributed by atoms with E-state index in [4.69, 9.17) is 0 Å². The summed E-state index contributed by atoms with van der Waals surface area (Å²) in [6.07, 6.45) is 0.968. The van der Waals surface area contributed by atoms with Crippen molar-refractivity contribution in [2.45, 2.75) is 16.6 Å². The van der Waals surface area contributed by atoms with Gasteiger partial charge in [-0.15, -0.1) is 11.3 Å². The Bertz CT molecular complexity index is 356. The van der Waals surface area contributed by atoms with Gasteiger partial charge in [-0.3, -0.25) is 4.79 Å². The van der Waals surface area contributed by atoms with Crippen molar-refractivity contribution >= 4 is 49.0 Å². The molecule has 2 rings (SSSR count). The summed E-state index contributed by atoms with van der Waals surface area (Å²) in [6.45, 7) is 2.07. The second-order valence-electron chi connectivity index (χ2n) is 3.31. The van der Waals surface area contributed by atoms with Crippen molar-refractivity contribution in [3.05, 3.63) is 21.9 Å². The quantitative estimate of drug-likeness (QED) is 0.667. The number of halogens is 2. The Hall–Kier alpha value is 0.330. The number of hydrogen-bond donors (Lipinski definition) is 0. The molecule has 1 unspecified atom stereocenters. The van der Waals surface area contributed by atoms with Crippen LogP contribution in [0.5, 0.6) is 0 Å². The first kappa shape index (κ1) is 9.87. The summed E-state index contributed by atoms with van der Waals surface area (Å²) in [5, 5.41) is 1.98. The number of Topliss-reactive ketones (excluding diaryl/α,β-unsaturated/α-hetero) is 1. The molecule has 1 atom stereocenters. The topological polar surface area (TPSA) is 17.1 Å². The highest BCUT2D eigenvalue weighted by atomic mass is 79.9. The molecule has 0 N–H and O–H groups in total. The van der Waals surface area contributed by atoms with E-state index in [1.807, 2.05) is 11.4 Å². The lowest BCUT2D eigenvalue weighted by Gasteiger charge is -2.30. The first-order valence-corrected chi connectivity index (χ1v) is 6.49. The Kier molecular flexibility index (Phi) is 2.41. The maximum atomic E-state index is 11.9. The minimum Gasteiger partial charge on any atom is -0.292 e. The molecule has 0 saturated heterocycles. The zero-order valence-corrected chi connectivity index (χ0v) is 11.0. The average Bonchev–Trinajstić information content (AvgIpc) is 2.49. The first-order chi connectivity index (χ1) is 6.03. The molecule has 0 fully saturated rings. The standard InChI is InChI=1S/C9H8Br2OS/c1-5-4-7-6(2-3-13-7)8(12)9(5,10)11/h2-3,5H,4H2,1H3. The van der Waals surface area contributed by atoms with E-state index in [1.165, 1.54) is 4.88 Å². The Morgan fingerprint density at radius 3 is 3.00 bits per heavy atom. The van der Waals surface area contributed by atoms with Crippen LogP contribution in [-0.4, -0.2) is 9.02 Å². The third-order valence-corrected chi connectivity index (χ3v) is 5.63. The number of fused-ring (bicyclic) bond motifs is 1. The molecule has 0 aliphatic heterocycles. The van der Waals surface area contributed by atoms with Crippen LogP contribution in [0.3, 0.4) is 0 Å². The fraction of sp³-hybridized carbons (Fsp3) is 0.444. The number of carbonyl (C=O) groups excluding carboxylic acids is 1. The Morgan fingerprint density at radius 1 is 1.62 bits per heavy atom. The Balaban J connectivity index is 2.52. The van der Waals surface area contributed by atoms with Crippen molar-refractivity contribution in [2.75, 3.05) is 0 Å². The molecule has 0 saturated carbocycles. The summed E-state index contributed by atoms with van der Waals surface area (Å²) < 4.78 is -0.548. The van der Waals surface area contributed by atoms with Gasteiger partial charge in [0.15, 0.2) is 5.78 Å². The zero-order chi connectivity index (χ0) is 9.64. The molecule has 4 heteroatoms. The van der Waals surface area contributed by atoms with Crippen molar-refractivity contribution in [2.24, 2.45) is 5.92 Å². The van der Waals surface area contributed by atoms with Crippen LogP contribution in [-0.2, 0) is 6.42 Å². The minimum atomic E-state index is -0.548. The molecule has 0 radical (unpaired) electrons. The molecule has 0 spiro atoms. The second-order valence-corrected chi connectivity index (χ2v) is 7.88. The lowest BCUT2D eigenvalue weighted by molar-refractivity contribution is 0.0954. The van der Waals surface area contributed by atoms with Gasteiger partial charge in [0.05, 0.1) is 0 Å². The van der Waals surface area contributed by atoms with E-state index in [2.05, 4.69) is 38.8 Å². The summed E-state index contributed by atoms with van der Waals surface area (Å²) >= 11 is 8.57. The van der Waals surface area contributed by atoms with Crippen LogP contribution in [0.1, 0.15) is 22.2 Å². The lowest BCUT2D eigenvalue weighted by Crippen LogP contribution is -2.37. The highest BCUT2D eigenvalue weighted by Crippen LogP contribution is 2.45. The van der Waals surface area contributed by atoms with Crippen LogP contribution in [0.25, 0.3) is 0 Å². The largest absolute Gasteiger partial charge is 0.292 e. The minimum absolute atomic E-state index is 0.155. The Morgan fingerprint density at radius 2 is 2.31 bits per heavy atom. The van der Waals surface area contributed by atoms with Crippen molar-refractivity contribution in [1.29, 1.82) is 0 Å². The van der Waals surface area contributed by atoms with Gasteiger partial charge in [0.2, 0.25) is 0 Å². The SMILES string of the molecule is CC1Cc2sccc2C(=O)C1(Br)Br.